The van der Waals surface area contributed by atoms with Crippen molar-refractivity contribution in [2.75, 3.05) is 11.9 Å². The second-order valence-electron chi connectivity index (χ2n) is 6.16. The summed E-state index contributed by atoms with van der Waals surface area (Å²) in [6, 6.07) is 4.29. The fraction of sp³-hybridized carbons (Fsp3) is 0.625. The molecule has 5 heteroatoms. The first kappa shape index (κ1) is 15.4. The first-order valence-corrected chi connectivity index (χ1v) is 8.55. The summed E-state index contributed by atoms with van der Waals surface area (Å²) in [7, 11) is 0. The average molecular weight is 331 g/mol. The maximum Gasteiger partial charge on any atom is 0.160 e. The molecular weight excluding hydrogens is 310 g/mol. The Morgan fingerprint density at radius 2 is 1.76 bits per heavy atom. The lowest BCUT2D eigenvalue weighted by Gasteiger charge is -2.37. The first-order chi connectivity index (χ1) is 10.1. The van der Waals surface area contributed by atoms with E-state index in [0.29, 0.717) is 18.0 Å². The van der Waals surface area contributed by atoms with Gasteiger partial charge in [-0.3, -0.25) is 0 Å². The summed E-state index contributed by atoms with van der Waals surface area (Å²) in [5.41, 5.74) is 0.821. The third-order valence-electron chi connectivity index (χ3n) is 4.77. The minimum atomic E-state index is -0.540. The number of benzene rings is 1. The molecule has 2 nitrogen and oxygen atoms in total. The molecule has 21 heavy (non-hydrogen) atoms. The van der Waals surface area contributed by atoms with Crippen molar-refractivity contribution in [2.45, 2.75) is 50.6 Å². The van der Waals surface area contributed by atoms with E-state index in [1.807, 2.05) is 0 Å². The SMILES string of the molecule is Fc1c(Cl)cc(NC2CCCCC2C2CCCN2)cc1Cl. The Morgan fingerprint density at radius 1 is 1.05 bits per heavy atom. The van der Waals surface area contributed by atoms with Gasteiger partial charge in [0.15, 0.2) is 5.82 Å². The van der Waals surface area contributed by atoms with Gasteiger partial charge in [0.2, 0.25) is 0 Å². The molecule has 3 unspecified atom stereocenters. The molecule has 1 saturated carbocycles. The second-order valence-corrected chi connectivity index (χ2v) is 6.97. The van der Waals surface area contributed by atoms with E-state index in [1.54, 1.807) is 12.1 Å². The lowest BCUT2D eigenvalue weighted by molar-refractivity contribution is 0.263. The summed E-state index contributed by atoms with van der Waals surface area (Å²) in [6.45, 7) is 1.13. The van der Waals surface area contributed by atoms with Gasteiger partial charge in [0.25, 0.3) is 0 Å². The molecule has 1 aliphatic heterocycles. The lowest BCUT2D eigenvalue weighted by Crippen LogP contribution is -2.43. The maximum atomic E-state index is 13.5. The molecule has 116 valence electrons. The number of rotatable bonds is 3. The van der Waals surface area contributed by atoms with Crippen LogP contribution in [0.4, 0.5) is 10.1 Å². The fourth-order valence-corrected chi connectivity index (χ4v) is 4.24. The van der Waals surface area contributed by atoms with Crippen LogP contribution < -0.4 is 10.6 Å². The molecule has 1 aromatic carbocycles. The quantitative estimate of drug-likeness (QED) is 0.773. The Balaban J connectivity index is 1.75. The zero-order valence-electron chi connectivity index (χ0n) is 12.0. The highest BCUT2D eigenvalue weighted by atomic mass is 35.5. The van der Waals surface area contributed by atoms with Gasteiger partial charge in [-0.25, -0.2) is 4.39 Å². The van der Waals surface area contributed by atoms with Crippen LogP contribution in [0.2, 0.25) is 10.0 Å². The Kier molecular flexibility index (Phi) is 4.92. The summed E-state index contributed by atoms with van der Waals surface area (Å²) in [5.74, 6) is 0.0883. The Morgan fingerprint density at radius 3 is 2.43 bits per heavy atom. The first-order valence-electron chi connectivity index (χ1n) is 7.79. The second kappa shape index (κ2) is 6.72. The normalized spacial score (nSPS) is 29.6. The van der Waals surface area contributed by atoms with Crippen molar-refractivity contribution in [1.82, 2.24) is 5.32 Å². The largest absolute Gasteiger partial charge is 0.382 e. The highest BCUT2D eigenvalue weighted by Gasteiger charge is 2.33. The number of halogens is 3. The standard InChI is InChI=1S/C16H21Cl2FN2/c17-12-8-10(9-13(18)16(12)19)21-15-5-2-1-4-11(15)14-6-3-7-20-14/h8-9,11,14-15,20-21H,1-7H2. The van der Waals surface area contributed by atoms with Crippen molar-refractivity contribution in [3.63, 3.8) is 0 Å². The molecule has 0 amide bonds. The van der Waals surface area contributed by atoms with E-state index in [2.05, 4.69) is 10.6 Å². The molecule has 2 aliphatic rings. The van der Waals surface area contributed by atoms with E-state index in [0.717, 1.165) is 18.7 Å². The molecule has 1 aromatic rings. The molecule has 0 bridgehead atoms. The summed E-state index contributed by atoms with van der Waals surface area (Å²) in [5, 5.41) is 7.32. The summed E-state index contributed by atoms with van der Waals surface area (Å²) in [6.07, 6.45) is 7.46. The van der Waals surface area contributed by atoms with Crippen LogP contribution in [0.25, 0.3) is 0 Å². The van der Waals surface area contributed by atoms with Crippen LogP contribution in [0.15, 0.2) is 12.1 Å². The predicted molar refractivity (Wildman–Crippen MR) is 86.8 cm³/mol. The molecule has 3 rings (SSSR count). The van der Waals surface area contributed by atoms with Gasteiger partial charge in [-0.2, -0.15) is 0 Å². The van der Waals surface area contributed by atoms with E-state index in [4.69, 9.17) is 23.2 Å². The molecule has 1 saturated heterocycles. The van der Waals surface area contributed by atoms with Crippen molar-refractivity contribution in [2.24, 2.45) is 5.92 Å². The van der Waals surface area contributed by atoms with Gasteiger partial charge >= 0.3 is 0 Å². The highest BCUT2D eigenvalue weighted by molar-refractivity contribution is 6.35. The Hall–Kier alpha value is -0.510. The van der Waals surface area contributed by atoms with Crippen molar-refractivity contribution in [3.05, 3.63) is 28.0 Å². The van der Waals surface area contributed by atoms with Crippen LogP contribution in [-0.2, 0) is 0 Å². The van der Waals surface area contributed by atoms with E-state index < -0.39 is 5.82 Å². The number of hydrogen-bond donors (Lipinski definition) is 2. The van der Waals surface area contributed by atoms with Gasteiger partial charge < -0.3 is 10.6 Å². The van der Waals surface area contributed by atoms with Crippen molar-refractivity contribution in [3.8, 4) is 0 Å². The third-order valence-corrected chi connectivity index (χ3v) is 5.32. The minimum absolute atomic E-state index is 0.0800. The van der Waals surface area contributed by atoms with Crippen molar-refractivity contribution < 1.29 is 4.39 Å². The summed E-state index contributed by atoms with van der Waals surface area (Å²) < 4.78 is 13.5. The average Bonchev–Trinajstić information content (AvgIpc) is 2.99. The van der Waals surface area contributed by atoms with Crippen LogP contribution in [0.3, 0.4) is 0 Å². The Labute approximate surface area is 135 Å². The topological polar surface area (TPSA) is 24.1 Å². The van der Waals surface area contributed by atoms with E-state index in [9.17, 15) is 4.39 Å². The predicted octanol–water partition coefficient (Wildman–Crippen LogP) is 4.86. The van der Waals surface area contributed by atoms with Gasteiger partial charge in [-0.15, -0.1) is 0 Å². The monoisotopic (exact) mass is 330 g/mol. The zero-order chi connectivity index (χ0) is 14.8. The van der Waals surface area contributed by atoms with Gasteiger partial charge in [-0.1, -0.05) is 36.0 Å². The van der Waals surface area contributed by atoms with E-state index >= 15 is 0 Å². The smallest absolute Gasteiger partial charge is 0.160 e. The van der Waals surface area contributed by atoms with Crippen LogP contribution in [0.1, 0.15) is 38.5 Å². The maximum absolute atomic E-state index is 13.5. The molecule has 1 heterocycles. The molecule has 3 atom stereocenters. The van der Waals surface area contributed by atoms with E-state index in [1.165, 1.54) is 32.1 Å². The highest BCUT2D eigenvalue weighted by Crippen LogP contribution is 2.34. The fourth-order valence-electron chi connectivity index (χ4n) is 3.75. The molecule has 0 spiro atoms. The number of hydrogen-bond acceptors (Lipinski definition) is 2. The minimum Gasteiger partial charge on any atom is -0.382 e. The van der Waals surface area contributed by atoms with E-state index in [-0.39, 0.29) is 10.0 Å². The van der Waals surface area contributed by atoms with Crippen LogP contribution in [0.5, 0.6) is 0 Å². The molecule has 1 aliphatic carbocycles. The van der Waals surface area contributed by atoms with Crippen LogP contribution in [0, 0.1) is 11.7 Å². The summed E-state index contributed by atoms with van der Waals surface area (Å²) in [4.78, 5) is 0. The zero-order valence-corrected chi connectivity index (χ0v) is 13.5. The number of anilines is 1. The molecule has 2 fully saturated rings. The van der Waals surface area contributed by atoms with Crippen LogP contribution >= 0.6 is 23.2 Å². The van der Waals surface area contributed by atoms with Crippen LogP contribution in [-0.4, -0.2) is 18.6 Å². The van der Waals surface area contributed by atoms with Gasteiger partial charge in [-0.05, 0) is 50.3 Å². The van der Waals surface area contributed by atoms with Crippen molar-refractivity contribution in [1.29, 1.82) is 0 Å². The summed E-state index contributed by atoms with van der Waals surface area (Å²) >= 11 is 11.8. The number of nitrogens with one attached hydrogen (secondary N) is 2. The Bertz CT molecular complexity index is 480. The molecular formula is C16H21Cl2FN2. The molecule has 2 N–H and O–H groups in total. The van der Waals surface area contributed by atoms with Crippen molar-refractivity contribution >= 4 is 28.9 Å². The molecule has 0 aromatic heterocycles. The molecule has 0 radical (unpaired) electrons. The third kappa shape index (κ3) is 3.46. The lowest BCUT2D eigenvalue weighted by atomic mass is 9.79. The van der Waals surface area contributed by atoms with Gasteiger partial charge in [0, 0.05) is 17.8 Å². The van der Waals surface area contributed by atoms with Gasteiger partial charge in [0.1, 0.15) is 0 Å². The van der Waals surface area contributed by atoms with Gasteiger partial charge in [0.05, 0.1) is 10.0 Å².